The molecule has 1 rings (SSSR count). The Kier molecular flexibility index (Phi) is 4.60. The average molecular weight is 208 g/mol. The molecule has 0 spiro atoms. The number of rotatable bonds is 4. The molecule has 14 heavy (non-hydrogen) atoms. The summed E-state index contributed by atoms with van der Waals surface area (Å²) in [6.45, 7) is 4.07. The molecule has 1 nitrogen and oxygen atoms in total. The Bertz CT molecular complexity index is 316. The Morgan fingerprint density at radius 3 is 2.57 bits per heavy atom. The van der Waals surface area contributed by atoms with Gasteiger partial charge in [-0.15, -0.1) is 0 Å². The van der Waals surface area contributed by atoms with E-state index in [1.54, 1.807) is 0 Å². The molecule has 1 aromatic rings. The van der Waals surface area contributed by atoms with Gasteiger partial charge in [0.25, 0.3) is 0 Å². The first kappa shape index (κ1) is 11.2. The van der Waals surface area contributed by atoms with Crippen molar-refractivity contribution in [2.24, 2.45) is 5.92 Å². The van der Waals surface area contributed by atoms with Crippen molar-refractivity contribution in [3.8, 4) is 0 Å². The van der Waals surface area contributed by atoms with E-state index in [2.05, 4.69) is 13.0 Å². The van der Waals surface area contributed by atoms with Gasteiger partial charge in [0.1, 0.15) is 0 Å². The lowest BCUT2D eigenvalue weighted by Crippen LogP contribution is -2.05. The summed E-state index contributed by atoms with van der Waals surface area (Å²) in [7, 11) is -0.866. The molecule has 0 saturated heterocycles. The molecule has 76 valence electrons. The highest BCUT2D eigenvalue weighted by Gasteiger charge is 2.06. The van der Waals surface area contributed by atoms with Gasteiger partial charge in [-0.05, 0) is 25.0 Å². The number of hydrogen-bond acceptors (Lipinski definition) is 1. The summed E-state index contributed by atoms with van der Waals surface area (Å²) in [6, 6.07) is 9.62. The van der Waals surface area contributed by atoms with E-state index in [1.165, 1.54) is 0 Å². The maximum absolute atomic E-state index is 11.8. The summed E-state index contributed by atoms with van der Waals surface area (Å²) in [5.41, 5.74) is 0. The Hall–Kier alpha value is -0.890. The lowest BCUT2D eigenvalue weighted by Gasteiger charge is -2.05. The smallest absolute Gasteiger partial charge is 0.0535 e. The summed E-state index contributed by atoms with van der Waals surface area (Å²) in [5, 5.41) is 0. The van der Waals surface area contributed by atoms with Crippen LogP contribution < -0.4 is 0 Å². The van der Waals surface area contributed by atoms with Crippen molar-refractivity contribution >= 4 is 10.8 Å². The van der Waals surface area contributed by atoms with E-state index in [-0.39, 0.29) is 0 Å². The molecule has 0 radical (unpaired) electrons. The standard InChI is InChI=1S/C12H16OS/c1-3-7-11(2)10-14(13)12-8-5-4-6-9-12/h3-9,11H,10H2,1-2H3/b7-3-/t11-,14-/m0/s1. The third-order valence-electron chi connectivity index (χ3n) is 1.94. The summed E-state index contributed by atoms with van der Waals surface area (Å²) in [4.78, 5) is 0.920. The molecule has 1 aromatic carbocycles. The van der Waals surface area contributed by atoms with Gasteiger partial charge >= 0.3 is 0 Å². The van der Waals surface area contributed by atoms with Gasteiger partial charge in [0.15, 0.2) is 0 Å². The van der Waals surface area contributed by atoms with Crippen LogP contribution in [0.3, 0.4) is 0 Å². The van der Waals surface area contributed by atoms with Crippen LogP contribution in [0.4, 0.5) is 0 Å². The fraction of sp³-hybridized carbons (Fsp3) is 0.333. The van der Waals surface area contributed by atoms with Crippen LogP contribution in [0.25, 0.3) is 0 Å². The Morgan fingerprint density at radius 1 is 1.36 bits per heavy atom. The van der Waals surface area contributed by atoms with E-state index < -0.39 is 10.8 Å². The highest BCUT2D eigenvalue weighted by molar-refractivity contribution is 7.85. The largest absolute Gasteiger partial charge is 0.254 e. The molecule has 0 aliphatic carbocycles. The highest BCUT2D eigenvalue weighted by Crippen LogP contribution is 2.09. The van der Waals surface area contributed by atoms with Gasteiger partial charge in [0, 0.05) is 10.6 Å². The van der Waals surface area contributed by atoms with Gasteiger partial charge in [-0.1, -0.05) is 37.3 Å². The zero-order chi connectivity index (χ0) is 10.4. The average Bonchev–Trinajstić information content (AvgIpc) is 2.19. The minimum atomic E-state index is -0.866. The fourth-order valence-corrected chi connectivity index (χ4v) is 2.53. The molecule has 0 fully saturated rings. The molecule has 0 saturated carbocycles. The molecule has 0 aliphatic heterocycles. The predicted molar refractivity (Wildman–Crippen MR) is 61.7 cm³/mol. The second-order valence-corrected chi connectivity index (χ2v) is 4.82. The first-order valence-corrected chi connectivity index (χ1v) is 6.12. The second-order valence-electron chi connectivity index (χ2n) is 3.33. The van der Waals surface area contributed by atoms with Gasteiger partial charge in [-0.25, -0.2) is 0 Å². The molecule has 2 heteroatoms. The molecule has 0 heterocycles. The van der Waals surface area contributed by atoms with Crippen LogP contribution in [0.2, 0.25) is 0 Å². The van der Waals surface area contributed by atoms with E-state index in [4.69, 9.17) is 0 Å². The van der Waals surface area contributed by atoms with Crippen molar-refractivity contribution < 1.29 is 4.21 Å². The predicted octanol–water partition coefficient (Wildman–Crippen LogP) is 3.01. The summed E-state index contributed by atoms with van der Waals surface area (Å²) < 4.78 is 11.8. The van der Waals surface area contributed by atoms with Crippen LogP contribution in [-0.4, -0.2) is 9.96 Å². The molecule has 0 unspecified atom stereocenters. The summed E-state index contributed by atoms with van der Waals surface area (Å²) in [5.74, 6) is 1.08. The second kappa shape index (κ2) is 5.76. The zero-order valence-corrected chi connectivity index (χ0v) is 9.46. The molecule has 0 bridgehead atoms. The Morgan fingerprint density at radius 2 is 2.00 bits per heavy atom. The monoisotopic (exact) mass is 208 g/mol. The van der Waals surface area contributed by atoms with Crippen LogP contribution >= 0.6 is 0 Å². The van der Waals surface area contributed by atoms with Crippen molar-refractivity contribution in [2.75, 3.05) is 5.75 Å². The van der Waals surface area contributed by atoms with Crippen molar-refractivity contribution in [1.82, 2.24) is 0 Å². The first-order valence-electron chi connectivity index (χ1n) is 4.80. The minimum Gasteiger partial charge on any atom is -0.254 e. The van der Waals surface area contributed by atoms with Crippen LogP contribution in [0, 0.1) is 5.92 Å². The number of benzene rings is 1. The van der Waals surface area contributed by atoms with Crippen LogP contribution in [0.15, 0.2) is 47.4 Å². The number of hydrogen-bond donors (Lipinski definition) is 0. The molecule has 0 aromatic heterocycles. The van der Waals surface area contributed by atoms with Crippen LogP contribution in [0.5, 0.6) is 0 Å². The highest BCUT2D eigenvalue weighted by atomic mass is 32.2. The minimum absolute atomic E-state index is 0.376. The van der Waals surface area contributed by atoms with E-state index in [9.17, 15) is 4.21 Å². The van der Waals surface area contributed by atoms with Gasteiger partial charge in [0.05, 0.1) is 10.8 Å². The Balaban J connectivity index is 2.59. The topological polar surface area (TPSA) is 17.1 Å². The maximum atomic E-state index is 11.8. The van der Waals surface area contributed by atoms with Crippen molar-refractivity contribution in [3.63, 3.8) is 0 Å². The third-order valence-corrected chi connectivity index (χ3v) is 3.57. The van der Waals surface area contributed by atoms with Crippen molar-refractivity contribution in [1.29, 1.82) is 0 Å². The summed E-state index contributed by atoms with van der Waals surface area (Å²) >= 11 is 0. The zero-order valence-electron chi connectivity index (χ0n) is 8.64. The van der Waals surface area contributed by atoms with Gasteiger partial charge in [-0.2, -0.15) is 0 Å². The van der Waals surface area contributed by atoms with E-state index in [0.29, 0.717) is 11.7 Å². The molecule has 0 aliphatic rings. The molecule has 0 amide bonds. The van der Waals surface area contributed by atoms with E-state index >= 15 is 0 Å². The quantitative estimate of drug-likeness (QED) is 0.695. The maximum Gasteiger partial charge on any atom is 0.0535 e. The first-order chi connectivity index (χ1) is 6.74. The fourth-order valence-electron chi connectivity index (χ4n) is 1.29. The van der Waals surface area contributed by atoms with Gasteiger partial charge in [0.2, 0.25) is 0 Å². The molecular weight excluding hydrogens is 192 g/mol. The molecule has 2 atom stereocenters. The van der Waals surface area contributed by atoms with Crippen molar-refractivity contribution in [2.45, 2.75) is 18.7 Å². The molecule has 0 N–H and O–H groups in total. The van der Waals surface area contributed by atoms with Gasteiger partial charge in [-0.3, -0.25) is 4.21 Å². The van der Waals surface area contributed by atoms with E-state index in [0.717, 1.165) is 4.90 Å². The van der Waals surface area contributed by atoms with Crippen molar-refractivity contribution in [3.05, 3.63) is 42.5 Å². The van der Waals surface area contributed by atoms with E-state index in [1.807, 2.05) is 43.3 Å². The summed E-state index contributed by atoms with van der Waals surface area (Å²) in [6.07, 6.45) is 4.09. The Labute approximate surface area is 88.3 Å². The van der Waals surface area contributed by atoms with Crippen LogP contribution in [-0.2, 0) is 10.8 Å². The SMILES string of the molecule is C/C=C\[C@H](C)C[S@](=O)c1ccccc1. The van der Waals surface area contributed by atoms with Crippen LogP contribution in [0.1, 0.15) is 13.8 Å². The lowest BCUT2D eigenvalue weighted by atomic mass is 10.2. The molecular formula is C12H16OS. The normalized spacial score (nSPS) is 15.6. The van der Waals surface area contributed by atoms with Gasteiger partial charge < -0.3 is 0 Å². The third kappa shape index (κ3) is 3.46. The number of allylic oxidation sites excluding steroid dienone is 2. The lowest BCUT2D eigenvalue weighted by molar-refractivity contribution is 0.675.